The Bertz CT molecular complexity index is 450. The summed E-state index contributed by atoms with van der Waals surface area (Å²) >= 11 is 3.39. The Kier molecular flexibility index (Phi) is 8.83. The molecule has 1 amide bonds. The Hall–Kier alpha value is -0.780. The van der Waals surface area contributed by atoms with Crippen LogP contribution in [0.2, 0.25) is 0 Å². The van der Waals surface area contributed by atoms with Crippen molar-refractivity contribution in [3.8, 4) is 5.75 Å². The number of benzene rings is 1. The predicted octanol–water partition coefficient (Wildman–Crippen LogP) is 3.10. The normalized spacial score (nSPS) is 16.9. The van der Waals surface area contributed by atoms with Gasteiger partial charge in [-0.2, -0.15) is 0 Å². The van der Waals surface area contributed by atoms with E-state index < -0.39 is 0 Å². The molecular formula is C16H24BrClN2O2. The number of carbonyl (C=O) groups excluding carboxylic acids is 1. The second-order valence-corrected chi connectivity index (χ2v) is 6.43. The number of halogens is 2. The fourth-order valence-electron chi connectivity index (χ4n) is 2.44. The van der Waals surface area contributed by atoms with Crippen molar-refractivity contribution in [2.75, 3.05) is 33.3 Å². The van der Waals surface area contributed by atoms with Crippen LogP contribution < -0.4 is 10.1 Å². The summed E-state index contributed by atoms with van der Waals surface area (Å²) in [6, 6.07) is 7.72. The average molecular weight is 392 g/mol. The lowest BCUT2D eigenvalue weighted by molar-refractivity contribution is -0.130. The summed E-state index contributed by atoms with van der Waals surface area (Å²) in [5.41, 5.74) is 0. The van der Waals surface area contributed by atoms with Crippen molar-refractivity contribution in [3.05, 3.63) is 28.7 Å². The van der Waals surface area contributed by atoms with Crippen LogP contribution in [0.15, 0.2) is 28.7 Å². The van der Waals surface area contributed by atoms with Crippen molar-refractivity contribution in [1.29, 1.82) is 0 Å². The molecule has 0 bridgehead atoms. The van der Waals surface area contributed by atoms with Gasteiger partial charge in [0.15, 0.2) is 0 Å². The third-order valence-corrected chi connectivity index (χ3v) is 4.39. The molecule has 1 aliphatic heterocycles. The van der Waals surface area contributed by atoms with Gasteiger partial charge in [0.05, 0.1) is 6.54 Å². The number of nitrogens with one attached hydrogen (secondary N) is 1. The maximum absolute atomic E-state index is 12.0. The second-order valence-electron chi connectivity index (χ2n) is 5.52. The monoisotopic (exact) mass is 390 g/mol. The van der Waals surface area contributed by atoms with E-state index in [1.54, 1.807) is 4.90 Å². The van der Waals surface area contributed by atoms with E-state index in [4.69, 9.17) is 4.74 Å². The minimum absolute atomic E-state index is 0. The standard InChI is InChI=1S/C16H23BrN2O2.ClH/c1-19(16(20)7-2-13-8-9-18-12-13)10-11-21-15-5-3-14(17)4-6-15;/h3-6,13,18H,2,7-12H2,1H3;1H. The van der Waals surface area contributed by atoms with Gasteiger partial charge in [0.2, 0.25) is 5.91 Å². The van der Waals surface area contributed by atoms with Crippen LogP contribution in [0.4, 0.5) is 0 Å². The van der Waals surface area contributed by atoms with Crippen molar-refractivity contribution < 1.29 is 9.53 Å². The highest BCUT2D eigenvalue weighted by molar-refractivity contribution is 9.10. The van der Waals surface area contributed by atoms with E-state index in [1.807, 2.05) is 31.3 Å². The Morgan fingerprint density at radius 3 is 2.77 bits per heavy atom. The minimum atomic E-state index is 0. The summed E-state index contributed by atoms with van der Waals surface area (Å²) in [6.45, 7) is 3.30. The number of hydrogen-bond acceptors (Lipinski definition) is 3. The van der Waals surface area contributed by atoms with Gasteiger partial charge < -0.3 is 15.0 Å². The molecule has 4 nitrogen and oxygen atoms in total. The number of nitrogens with zero attached hydrogens (tertiary/aromatic N) is 1. The summed E-state index contributed by atoms with van der Waals surface area (Å²) in [4.78, 5) is 13.8. The van der Waals surface area contributed by atoms with Gasteiger partial charge in [0.25, 0.3) is 0 Å². The first-order chi connectivity index (χ1) is 10.1. The van der Waals surface area contributed by atoms with Crippen molar-refractivity contribution in [2.24, 2.45) is 5.92 Å². The molecule has 0 aromatic heterocycles. The van der Waals surface area contributed by atoms with E-state index in [2.05, 4.69) is 21.2 Å². The summed E-state index contributed by atoms with van der Waals surface area (Å²) < 4.78 is 6.67. The smallest absolute Gasteiger partial charge is 0.222 e. The zero-order valence-corrected chi connectivity index (χ0v) is 15.3. The topological polar surface area (TPSA) is 41.6 Å². The molecule has 1 atom stereocenters. The first kappa shape index (κ1) is 19.3. The van der Waals surface area contributed by atoms with Crippen LogP contribution in [0, 0.1) is 5.92 Å². The highest BCUT2D eigenvalue weighted by Crippen LogP contribution is 2.16. The first-order valence-corrected chi connectivity index (χ1v) is 8.27. The van der Waals surface area contributed by atoms with Crippen molar-refractivity contribution in [3.63, 3.8) is 0 Å². The Labute approximate surface area is 147 Å². The SMILES string of the molecule is CN(CCOc1ccc(Br)cc1)C(=O)CCC1CCNC1.Cl. The number of rotatable bonds is 7. The molecule has 1 unspecified atom stereocenters. The summed E-state index contributed by atoms with van der Waals surface area (Å²) in [5, 5.41) is 3.33. The fraction of sp³-hybridized carbons (Fsp3) is 0.562. The first-order valence-electron chi connectivity index (χ1n) is 7.48. The Morgan fingerprint density at radius 2 is 2.14 bits per heavy atom. The molecule has 1 N–H and O–H groups in total. The molecule has 0 radical (unpaired) electrons. The van der Waals surface area contributed by atoms with Gasteiger partial charge in [-0.15, -0.1) is 12.4 Å². The highest BCUT2D eigenvalue weighted by Gasteiger charge is 2.17. The average Bonchev–Trinajstić information content (AvgIpc) is 3.00. The molecule has 0 spiro atoms. The van der Waals surface area contributed by atoms with Gasteiger partial charge in [-0.1, -0.05) is 15.9 Å². The van der Waals surface area contributed by atoms with Gasteiger partial charge in [0.1, 0.15) is 12.4 Å². The Balaban J connectivity index is 0.00000242. The largest absolute Gasteiger partial charge is 0.492 e. The Morgan fingerprint density at radius 1 is 1.41 bits per heavy atom. The minimum Gasteiger partial charge on any atom is -0.492 e. The van der Waals surface area contributed by atoms with E-state index in [9.17, 15) is 4.79 Å². The third-order valence-electron chi connectivity index (χ3n) is 3.86. The second kappa shape index (κ2) is 10.1. The van der Waals surface area contributed by atoms with Crippen LogP contribution in [-0.2, 0) is 4.79 Å². The number of amides is 1. The van der Waals surface area contributed by atoms with E-state index in [0.717, 1.165) is 29.7 Å². The molecule has 1 aromatic carbocycles. The molecule has 0 saturated carbocycles. The van der Waals surface area contributed by atoms with Crippen LogP contribution >= 0.6 is 28.3 Å². The van der Waals surface area contributed by atoms with E-state index in [-0.39, 0.29) is 18.3 Å². The number of ether oxygens (including phenoxy) is 1. The number of carbonyl (C=O) groups is 1. The molecule has 1 aliphatic rings. The molecule has 1 aromatic rings. The van der Waals surface area contributed by atoms with Crippen molar-refractivity contribution in [2.45, 2.75) is 19.3 Å². The molecule has 1 saturated heterocycles. The lowest BCUT2D eigenvalue weighted by Crippen LogP contribution is -2.31. The molecule has 1 heterocycles. The van der Waals surface area contributed by atoms with Crippen LogP contribution in [0.3, 0.4) is 0 Å². The fourth-order valence-corrected chi connectivity index (χ4v) is 2.70. The molecule has 124 valence electrons. The quantitative estimate of drug-likeness (QED) is 0.776. The van der Waals surface area contributed by atoms with Gasteiger partial charge in [-0.25, -0.2) is 0 Å². The highest BCUT2D eigenvalue weighted by atomic mass is 79.9. The molecule has 22 heavy (non-hydrogen) atoms. The lowest BCUT2D eigenvalue weighted by atomic mass is 10.0. The van der Waals surface area contributed by atoms with Gasteiger partial charge in [-0.05, 0) is 56.1 Å². The van der Waals surface area contributed by atoms with Crippen LogP contribution in [0.5, 0.6) is 5.75 Å². The lowest BCUT2D eigenvalue weighted by Gasteiger charge is -2.18. The maximum atomic E-state index is 12.0. The molecule has 6 heteroatoms. The van der Waals surface area contributed by atoms with Crippen molar-refractivity contribution in [1.82, 2.24) is 10.2 Å². The van der Waals surface area contributed by atoms with Crippen LogP contribution in [0.1, 0.15) is 19.3 Å². The van der Waals surface area contributed by atoms with E-state index in [1.165, 1.54) is 6.42 Å². The van der Waals surface area contributed by atoms with E-state index in [0.29, 0.717) is 25.5 Å². The van der Waals surface area contributed by atoms with Gasteiger partial charge in [0, 0.05) is 17.9 Å². The van der Waals surface area contributed by atoms with Gasteiger partial charge >= 0.3 is 0 Å². The van der Waals surface area contributed by atoms with Gasteiger partial charge in [-0.3, -0.25) is 4.79 Å². The number of likely N-dealkylation sites (N-methyl/N-ethyl adjacent to an activating group) is 1. The zero-order valence-electron chi connectivity index (χ0n) is 12.9. The van der Waals surface area contributed by atoms with Crippen LogP contribution in [-0.4, -0.2) is 44.1 Å². The zero-order chi connectivity index (χ0) is 15.1. The molecule has 2 rings (SSSR count). The van der Waals surface area contributed by atoms with Crippen LogP contribution in [0.25, 0.3) is 0 Å². The third kappa shape index (κ3) is 6.55. The van der Waals surface area contributed by atoms with E-state index >= 15 is 0 Å². The number of hydrogen-bond donors (Lipinski definition) is 1. The predicted molar refractivity (Wildman–Crippen MR) is 94.7 cm³/mol. The molecular weight excluding hydrogens is 368 g/mol. The summed E-state index contributed by atoms with van der Waals surface area (Å²) in [6.07, 6.45) is 2.83. The molecule has 1 fully saturated rings. The van der Waals surface area contributed by atoms with Crippen molar-refractivity contribution >= 4 is 34.2 Å². The maximum Gasteiger partial charge on any atom is 0.222 e. The summed E-state index contributed by atoms with van der Waals surface area (Å²) in [7, 11) is 1.85. The summed E-state index contributed by atoms with van der Waals surface area (Å²) in [5.74, 6) is 1.71. The molecule has 0 aliphatic carbocycles.